The minimum Gasteiger partial charge on any atom is -0.351 e. The van der Waals surface area contributed by atoms with Crippen molar-refractivity contribution >= 4 is 22.8 Å². The maximum atomic E-state index is 12.3. The first kappa shape index (κ1) is 13.3. The van der Waals surface area contributed by atoms with Crippen LogP contribution >= 0.6 is 0 Å². The van der Waals surface area contributed by atoms with E-state index in [-0.39, 0.29) is 17.9 Å². The van der Waals surface area contributed by atoms with Gasteiger partial charge in [-0.15, -0.1) is 0 Å². The first-order valence-electron chi connectivity index (χ1n) is 7.70. The number of fused-ring (bicyclic) bond motifs is 2. The number of nitrogens with zero attached hydrogens (tertiary/aromatic N) is 2. The van der Waals surface area contributed by atoms with Crippen molar-refractivity contribution in [2.45, 2.75) is 25.3 Å². The zero-order valence-corrected chi connectivity index (χ0v) is 12.2. The average Bonchev–Trinajstić information content (AvgIpc) is 3.15. The number of imidazole rings is 1. The molecule has 2 saturated heterocycles. The van der Waals surface area contributed by atoms with E-state index in [1.165, 1.54) is 0 Å². The third-order valence-corrected chi connectivity index (χ3v) is 4.60. The fourth-order valence-corrected chi connectivity index (χ4v) is 3.46. The molecule has 1 aromatic heterocycles. The third kappa shape index (κ3) is 2.34. The molecule has 6 nitrogen and oxygen atoms in total. The molecule has 0 saturated carbocycles. The number of rotatable bonds is 3. The largest absolute Gasteiger partial charge is 0.351 e. The number of aromatic nitrogens is 2. The van der Waals surface area contributed by atoms with Crippen LogP contribution in [0.25, 0.3) is 11.0 Å². The van der Waals surface area contributed by atoms with Gasteiger partial charge in [-0.1, -0.05) is 12.1 Å². The molecule has 0 aliphatic carbocycles. The Balaban J connectivity index is 1.36. The van der Waals surface area contributed by atoms with E-state index >= 15 is 0 Å². The predicted molar refractivity (Wildman–Crippen MR) is 81.0 cm³/mol. The van der Waals surface area contributed by atoms with E-state index < -0.39 is 0 Å². The Hall–Kier alpha value is -2.37. The number of aryl methyl sites for hydroxylation is 1. The fourth-order valence-electron chi connectivity index (χ4n) is 3.46. The van der Waals surface area contributed by atoms with Crippen molar-refractivity contribution in [3.05, 3.63) is 30.1 Å². The van der Waals surface area contributed by atoms with E-state index in [0.717, 1.165) is 16.9 Å². The summed E-state index contributed by atoms with van der Waals surface area (Å²) in [6.45, 7) is 1.34. The summed E-state index contributed by atoms with van der Waals surface area (Å²) in [6.07, 6.45) is 1.62. The Bertz CT molecular complexity index is 690. The molecule has 0 unspecified atom stereocenters. The second kappa shape index (κ2) is 5.12. The van der Waals surface area contributed by atoms with Crippen LogP contribution in [0, 0.1) is 5.92 Å². The first-order valence-corrected chi connectivity index (χ1v) is 7.70. The van der Waals surface area contributed by atoms with Crippen LogP contribution in [0.5, 0.6) is 0 Å². The highest BCUT2D eigenvalue weighted by atomic mass is 16.2. The quantitative estimate of drug-likeness (QED) is 0.881. The second-order valence-electron chi connectivity index (χ2n) is 6.14. The van der Waals surface area contributed by atoms with Gasteiger partial charge in [0.25, 0.3) is 0 Å². The van der Waals surface area contributed by atoms with Crippen LogP contribution in [-0.4, -0.2) is 45.8 Å². The highest BCUT2D eigenvalue weighted by molar-refractivity contribution is 5.81. The van der Waals surface area contributed by atoms with Crippen molar-refractivity contribution in [1.82, 2.24) is 20.2 Å². The summed E-state index contributed by atoms with van der Waals surface area (Å²) >= 11 is 0. The molecule has 2 N–H and O–H groups in total. The van der Waals surface area contributed by atoms with Gasteiger partial charge in [-0.25, -0.2) is 4.98 Å². The number of likely N-dealkylation sites (tertiary alicyclic amines) is 1. The first-order chi connectivity index (χ1) is 10.7. The van der Waals surface area contributed by atoms with Crippen LogP contribution in [0.3, 0.4) is 0 Å². The molecule has 2 amide bonds. The van der Waals surface area contributed by atoms with Gasteiger partial charge in [0.1, 0.15) is 5.82 Å². The van der Waals surface area contributed by atoms with E-state index in [4.69, 9.17) is 0 Å². The number of carbonyl (C=O) groups is 2. The Morgan fingerprint density at radius 3 is 3.00 bits per heavy atom. The minimum absolute atomic E-state index is 0.115. The standard InChI is InChI=1S/C16H18N4O2/c21-15-7-10-8-20(9-13(10)19-15)16(22)6-5-14-17-11-3-1-2-4-12(11)18-14/h1-4,10,13H,5-9H2,(H,17,18)(H,19,21)/t10-,13+/m0/s1. The van der Waals surface area contributed by atoms with Crippen LogP contribution in [0.1, 0.15) is 18.7 Å². The highest BCUT2D eigenvalue weighted by Gasteiger charge is 2.41. The monoisotopic (exact) mass is 298 g/mol. The van der Waals surface area contributed by atoms with Crippen LogP contribution in [0.4, 0.5) is 0 Å². The van der Waals surface area contributed by atoms with E-state index in [9.17, 15) is 9.59 Å². The summed E-state index contributed by atoms with van der Waals surface area (Å²) in [5.74, 6) is 1.40. The van der Waals surface area contributed by atoms with Gasteiger partial charge in [-0.3, -0.25) is 9.59 Å². The number of carbonyl (C=O) groups excluding carboxylic acids is 2. The van der Waals surface area contributed by atoms with E-state index in [0.29, 0.717) is 38.3 Å². The van der Waals surface area contributed by atoms with Crippen molar-refractivity contribution in [3.8, 4) is 0 Å². The van der Waals surface area contributed by atoms with Gasteiger partial charge >= 0.3 is 0 Å². The normalized spacial score (nSPS) is 23.8. The number of amides is 2. The number of para-hydroxylation sites is 2. The predicted octanol–water partition coefficient (Wildman–Crippen LogP) is 0.842. The van der Waals surface area contributed by atoms with Gasteiger partial charge in [0.2, 0.25) is 11.8 Å². The lowest BCUT2D eigenvalue weighted by molar-refractivity contribution is -0.131. The summed E-state index contributed by atoms with van der Waals surface area (Å²) in [6, 6.07) is 8.02. The molecule has 1 aromatic carbocycles. The lowest BCUT2D eigenvalue weighted by Crippen LogP contribution is -2.35. The van der Waals surface area contributed by atoms with Gasteiger partial charge in [0.05, 0.1) is 17.1 Å². The van der Waals surface area contributed by atoms with Crippen LogP contribution < -0.4 is 5.32 Å². The molecule has 114 valence electrons. The van der Waals surface area contributed by atoms with Crippen molar-refractivity contribution in [2.24, 2.45) is 5.92 Å². The Labute approximate surface area is 127 Å². The SMILES string of the molecule is O=C1C[C@H]2CN(C(=O)CCc3nc4ccccc4[nH]3)C[C@H]2N1. The maximum Gasteiger partial charge on any atom is 0.223 e. The molecule has 0 spiro atoms. The topological polar surface area (TPSA) is 78.1 Å². The van der Waals surface area contributed by atoms with Crippen LogP contribution in [0.2, 0.25) is 0 Å². The molecule has 4 rings (SSSR count). The Morgan fingerprint density at radius 2 is 2.18 bits per heavy atom. The van der Waals surface area contributed by atoms with Gasteiger partial charge in [0, 0.05) is 38.3 Å². The molecule has 3 heterocycles. The number of nitrogens with one attached hydrogen (secondary N) is 2. The minimum atomic E-state index is 0.115. The van der Waals surface area contributed by atoms with Crippen LogP contribution in [0.15, 0.2) is 24.3 Å². The average molecular weight is 298 g/mol. The highest BCUT2D eigenvalue weighted by Crippen LogP contribution is 2.25. The second-order valence-corrected chi connectivity index (χ2v) is 6.14. The Kier molecular flexibility index (Phi) is 3.10. The molecule has 2 aliphatic heterocycles. The van der Waals surface area contributed by atoms with Gasteiger partial charge < -0.3 is 15.2 Å². The van der Waals surface area contributed by atoms with Crippen LogP contribution in [-0.2, 0) is 16.0 Å². The Morgan fingerprint density at radius 1 is 1.32 bits per heavy atom. The molecule has 2 aliphatic rings. The van der Waals surface area contributed by atoms with Gasteiger partial charge in [0.15, 0.2) is 0 Å². The molecule has 0 bridgehead atoms. The lowest BCUT2D eigenvalue weighted by Gasteiger charge is -2.16. The molecule has 6 heteroatoms. The zero-order chi connectivity index (χ0) is 15.1. The zero-order valence-electron chi connectivity index (χ0n) is 12.2. The summed E-state index contributed by atoms with van der Waals surface area (Å²) in [5.41, 5.74) is 1.94. The summed E-state index contributed by atoms with van der Waals surface area (Å²) in [7, 11) is 0. The molecule has 2 fully saturated rings. The number of hydrogen-bond donors (Lipinski definition) is 2. The van der Waals surface area contributed by atoms with Gasteiger partial charge in [-0.2, -0.15) is 0 Å². The molecule has 2 atom stereocenters. The number of H-pyrrole nitrogens is 1. The van der Waals surface area contributed by atoms with E-state index in [1.54, 1.807) is 0 Å². The van der Waals surface area contributed by atoms with E-state index in [1.807, 2.05) is 29.2 Å². The molecular formula is C16H18N4O2. The number of hydrogen-bond acceptors (Lipinski definition) is 3. The third-order valence-electron chi connectivity index (χ3n) is 4.60. The fraction of sp³-hybridized carbons (Fsp3) is 0.438. The van der Waals surface area contributed by atoms with Crippen molar-refractivity contribution in [1.29, 1.82) is 0 Å². The van der Waals surface area contributed by atoms with Gasteiger partial charge in [-0.05, 0) is 12.1 Å². The summed E-state index contributed by atoms with van der Waals surface area (Å²) in [4.78, 5) is 33.2. The summed E-state index contributed by atoms with van der Waals surface area (Å²) < 4.78 is 0. The number of benzene rings is 1. The van der Waals surface area contributed by atoms with Crippen molar-refractivity contribution < 1.29 is 9.59 Å². The van der Waals surface area contributed by atoms with Crippen molar-refractivity contribution in [3.63, 3.8) is 0 Å². The smallest absolute Gasteiger partial charge is 0.223 e. The maximum absolute atomic E-state index is 12.3. The summed E-state index contributed by atoms with van der Waals surface area (Å²) in [5, 5.41) is 2.94. The van der Waals surface area contributed by atoms with Crippen molar-refractivity contribution in [2.75, 3.05) is 13.1 Å². The molecular weight excluding hydrogens is 280 g/mol. The lowest BCUT2D eigenvalue weighted by atomic mass is 10.1. The molecule has 2 aromatic rings. The number of aromatic amines is 1. The molecule has 22 heavy (non-hydrogen) atoms. The molecule has 0 radical (unpaired) electrons. The van der Waals surface area contributed by atoms with E-state index in [2.05, 4.69) is 15.3 Å².